The van der Waals surface area contributed by atoms with Crippen molar-refractivity contribution < 1.29 is 10.0 Å². The van der Waals surface area contributed by atoms with Gasteiger partial charge in [-0.2, -0.15) is 5.26 Å². The van der Waals surface area contributed by atoms with E-state index in [9.17, 15) is 15.2 Å². The standard InChI is InChI=1S/C11H12N2O3/c1-7(8(2)14)9-3-4-11(13(15)16)10(5-9)6-12/h3-5,7-8,14H,1-2H3. The predicted molar refractivity (Wildman–Crippen MR) is 57.9 cm³/mol. The third-order valence-electron chi connectivity index (χ3n) is 2.59. The molecule has 1 rings (SSSR count). The molecule has 1 aromatic carbocycles. The first kappa shape index (κ1) is 12.1. The highest BCUT2D eigenvalue weighted by Crippen LogP contribution is 2.25. The third-order valence-corrected chi connectivity index (χ3v) is 2.59. The van der Waals surface area contributed by atoms with Gasteiger partial charge in [0, 0.05) is 12.0 Å². The lowest BCUT2D eigenvalue weighted by Crippen LogP contribution is -2.11. The zero-order valence-corrected chi connectivity index (χ0v) is 9.04. The van der Waals surface area contributed by atoms with E-state index in [4.69, 9.17) is 5.26 Å². The molecule has 2 unspecified atom stereocenters. The molecular formula is C11H12N2O3. The highest BCUT2D eigenvalue weighted by Gasteiger charge is 2.18. The maximum Gasteiger partial charge on any atom is 0.287 e. The summed E-state index contributed by atoms with van der Waals surface area (Å²) in [5, 5.41) is 28.8. The van der Waals surface area contributed by atoms with E-state index in [1.165, 1.54) is 12.1 Å². The summed E-state index contributed by atoms with van der Waals surface area (Å²) in [5.74, 6) is -0.159. The van der Waals surface area contributed by atoms with Gasteiger partial charge in [-0.3, -0.25) is 10.1 Å². The number of aliphatic hydroxyl groups excluding tert-OH is 1. The van der Waals surface area contributed by atoms with E-state index < -0.39 is 11.0 Å². The van der Waals surface area contributed by atoms with Gasteiger partial charge in [0.05, 0.1) is 11.0 Å². The maximum atomic E-state index is 10.6. The Kier molecular flexibility index (Phi) is 3.59. The second-order valence-corrected chi connectivity index (χ2v) is 3.67. The Bertz CT molecular complexity index is 449. The summed E-state index contributed by atoms with van der Waals surface area (Å²) in [7, 11) is 0. The number of hydrogen-bond donors (Lipinski definition) is 1. The van der Waals surface area contributed by atoms with Crippen molar-refractivity contribution >= 4 is 5.69 Å². The molecule has 0 bridgehead atoms. The monoisotopic (exact) mass is 220 g/mol. The summed E-state index contributed by atoms with van der Waals surface area (Å²) in [4.78, 5) is 10.0. The molecule has 0 radical (unpaired) electrons. The quantitative estimate of drug-likeness (QED) is 0.623. The Morgan fingerprint density at radius 2 is 2.12 bits per heavy atom. The number of nitro groups is 1. The van der Waals surface area contributed by atoms with Crippen molar-refractivity contribution in [3.63, 3.8) is 0 Å². The fraction of sp³-hybridized carbons (Fsp3) is 0.364. The lowest BCUT2D eigenvalue weighted by Gasteiger charge is -2.14. The van der Waals surface area contributed by atoms with Crippen LogP contribution in [0.15, 0.2) is 18.2 Å². The van der Waals surface area contributed by atoms with E-state index in [2.05, 4.69) is 0 Å². The van der Waals surface area contributed by atoms with Gasteiger partial charge < -0.3 is 5.11 Å². The van der Waals surface area contributed by atoms with Crippen LogP contribution >= 0.6 is 0 Å². The van der Waals surface area contributed by atoms with Crippen LogP contribution in [0.3, 0.4) is 0 Å². The van der Waals surface area contributed by atoms with Crippen LogP contribution in [-0.2, 0) is 0 Å². The van der Waals surface area contributed by atoms with Crippen LogP contribution in [0.5, 0.6) is 0 Å². The molecule has 0 aliphatic heterocycles. The number of aliphatic hydroxyl groups is 1. The van der Waals surface area contributed by atoms with Crippen molar-refractivity contribution in [3.05, 3.63) is 39.4 Å². The van der Waals surface area contributed by atoms with Gasteiger partial charge in [0.15, 0.2) is 0 Å². The number of hydrogen-bond acceptors (Lipinski definition) is 4. The predicted octanol–water partition coefficient (Wildman–Crippen LogP) is 1.95. The van der Waals surface area contributed by atoms with Crippen LogP contribution in [0, 0.1) is 21.4 Å². The zero-order valence-electron chi connectivity index (χ0n) is 9.04. The van der Waals surface area contributed by atoms with Crippen molar-refractivity contribution in [1.82, 2.24) is 0 Å². The van der Waals surface area contributed by atoms with Gasteiger partial charge in [-0.05, 0) is 18.6 Å². The van der Waals surface area contributed by atoms with Crippen molar-refractivity contribution in [2.75, 3.05) is 0 Å². The van der Waals surface area contributed by atoms with E-state index in [0.29, 0.717) is 0 Å². The summed E-state index contributed by atoms with van der Waals surface area (Å²) < 4.78 is 0. The first-order chi connectivity index (χ1) is 7.47. The van der Waals surface area contributed by atoms with Crippen molar-refractivity contribution in [2.45, 2.75) is 25.9 Å². The van der Waals surface area contributed by atoms with Gasteiger partial charge in [0.2, 0.25) is 0 Å². The van der Waals surface area contributed by atoms with Gasteiger partial charge in [-0.25, -0.2) is 0 Å². The molecule has 0 aliphatic carbocycles. The minimum Gasteiger partial charge on any atom is -0.393 e. The number of rotatable bonds is 3. The molecule has 1 N–H and O–H groups in total. The second-order valence-electron chi connectivity index (χ2n) is 3.67. The van der Waals surface area contributed by atoms with Crippen molar-refractivity contribution in [1.29, 1.82) is 5.26 Å². The van der Waals surface area contributed by atoms with E-state index in [1.54, 1.807) is 26.0 Å². The number of nitro benzene ring substituents is 1. The molecular weight excluding hydrogens is 208 g/mol. The molecule has 0 spiro atoms. The van der Waals surface area contributed by atoms with Gasteiger partial charge in [-0.15, -0.1) is 0 Å². The van der Waals surface area contributed by atoms with Crippen LogP contribution in [0.4, 0.5) is 5.69 Å². The van der Waals surface area contributed by atoms with Crippen LogP contribution in [0.25, 0.3) is 0 Å². The van der Waals surface area contributed by atoms with E-state index in [1.807, 2.05) is 0 Å². The molecule has 0 heterocycles. The summed E-state index contributed by atoms with van der Waals surface area (Å²) in [6.45, 7) is 3.44. The number of nitrogens with zero attached hydrogens (tertiary/aromatic N) is 2. The lowest BCUT2D eigenvalue weighted by molar-refractivity contribution is -0.385. The first-order valence-electron chi connectivity index (χ1n) is 4.84. The zero-order chi connectivity index (χ0) is 12.3. The Hall–Kier alpha value is -1.93. The highest BCUT2D eigenvalue weighted by molar-refractivity contribution is 5.50. The molecule has 0 aromatic heterocycles. The molecule has 0 fully saturated rings. The normalized spacial score (nSPS) is 13.9. The highest BCUT2D eigenvalue weighted by atomic mass is 16.6. The molecule has 1 aromatic rings. The molecule has 0 saturated heterocycles. The van der Waals surface area contributed by atoms with Crippen LogP contribution in [-0.4, -0.2) is 16.1 Å². The summed E-state index contributed by atoms with van der Waals surface area (Å²) in [5.41, 5.74) is 0.538. The largest absolute Gasteiger partial charge is 0.393 e. The SMILES string of the molecule is CC(O)C(C)c1ccc([N+](=O)[O-])c(C#N)c1. The molecule has 0 saturated carbocycles. The first-order valence-corrected chi connectivity index (χ1v) is 4.84. The Balaban J connectivity index is 3.20. The van der Waals surface area contributed by atoms with Crippen LogP contribution in [0.1, 0.15) is 30.9 Å². The topological polar surface area (TPSA) is 87.2 Å². The molecule has 16 heavy (non-hydrogen) atoms. The molecule has 84 valence electrons. The van der Waals surface area contributed by atoms with Gasteiger partial charge in [0.1, 0.15) is 11.6 Å². The molecule has 0 aliphatic rings. The van der Waals surface area contributed by atoms with Gasteiger partial charge >= 0.3 is 0 Å². The van der Waals surface area contributed by atoms with Crippen molar-refractivity contribution in [3.8, 4) is 6.07 Å². The average molecular weight is 220 g/mol. The summed E-state index contributed by atoms with van der Waals surface area (Å²) in [6.07, 6.45) is -0.562. The minimum absolute atomic E-state index is 0.0231. The second kappa shape index (κ2) is 4.73. The van der Waals surface area contributed by atoms with Gasteiger partial charge in [-0.1, -0.05) is 13.0 Å². The molecule has 5 nitrogen and oxygen atoms in total. The van der Waals surface area contributed by atoms with Crippen molar-refractivity contribution in [2.24, 2.45) is 0 Å². The Morgan fingerprint density at radius 3 is 2.56 bits per heavy atom. The van der Waals surface area contributed by atoms with Crippen LogP contribution in [0.2, 0.25) is 0 Å². The Morgan fingerprint density at radius 1 is 1.50 bits per heavy atom. The fourth-order valence-corrected chi connectivity index (χ4v) is 1.36. The Labute approximate surface area is 93.1 Å². The summed E-state index contributed by atoms with van der Waals surface area (Å²) in [6, 6.07) is 6.11. The molecule has 2 atom stereocenters. The van der Waals surface area contributed by atoms with E-state index >= 15 is 0 Å². The van der Waals surface area contributed by atoms with E-state index in [0.717, 1.165) is 5.56 Å². The van der Waals surface area contributed by atoms with Crippen LogP contribution < -0.4 is 0 Å². The lowest BCUT2D eigenvalue weighted by atomic mass is 9.94. The number of nitriles is 1. The number of benzene rings is 1. The summed E-state index contributed by atoms with van der Waals surface area (Å²) >= 11 is 0. The third kappa shape index (κ3) is 2.35. The molecule has 5 heteroatoms. The van der Waals surface area contributed by atoms with E-state index in [-0.39, 0.29) is 17.2 Å². The molecule has 0 amide bonds. The van der Waals surface area contributed by atoms with Gasteiger partial charge in [0.25, 0.3) is 5.69 Å². The fourth-order valence-electron chi connectivity index (χ4n) is 1.36. The minimum atomic E-state index is -0.588. The smallest absolute Gasteiger partial charge is 0.287 e. The maximum absolute atomic E-state index is 10.6. The average Bonchev–Trinajstić information content (AvgIpc) is 2.26.